The van der Waals surface area contributed by atoms with Crippen LogP contribution >= 0.6 is 0 Å². The minimum atomic E-state index is -3.24. The van der Waals surface area contributed by atoms with E-state index in [1.165, 1.54) is 13.3 Å². The maximum absolute atomic E-state index is 12.7. The summed E-state index contributed by atoms with van der Waals surface area (Å²) >= 11 is 0. The summed E-state index contributed by atoms with van der Waals surface area (Å²) in [5, 5.41) is 4.13. The molecule has 1 aliphatic heterocycles. The fourth-order valence-corrected chi connectivity index (χ4v) is 4.23. The molecule has 0 unspecified atom stereocenters. The number of anilines is 1. The molecule has 3 aromatic rings. The van der Waals surface area contributed by atoms with Gasteiger partial charge in [0.15, 0.2) is 11.5 Å². The first-order chi connectivity index (χ1) is 16.4. The number of rotatable bonds is 9. The van der Waals surface area contributed by atoms with Gasteiger partial charge < -0.3 is 14.8 Å². The molecule has 11 nitrogen and oxygen atoms in total. The summed E-state index contributed by atoms with van der Waals surface area (Å²) in [7, 11) is -1.72. The van der Waals surface area contributed by atoms with Gasteiger partial charge in [0.2, 0.25) is 15.6 Å². The Labute approximate surface area is 196 Å². The molecule has 4 rings (SSSR count). The zero-order chi connectivity index (χ0) is 24.1. The second-order valence-electron chi connectivity index (χ2n) is 7.49. The van der Waals surface area contributed by atoms with Gasteiger partial charge in [-0.3, -0.25) is 14.3 Å². The molecule has 0 atom stereocenters. The quantitative estimate of drug-likeness (QED) is 0.432. The number of methoxy groups -OCH3 is 1. The molecule has 0 radical (unpaired) electrons. The first kappa shape index (κ1) is 23.6. The summed E-state index contributed by atoms with van der Waals surface area (Å²) in [4.78, 5) is 25.6. The number of aromatic nitrogens is 3. The van der Waals surface area contributed by atoms with Crippen LogP contribution in [0, 0.1) is 0 Å². The molecule has 180 valence electrons. The van der Waals surface area contributed by atoms with E-state index in [1.54, 1.807) is 31.3 Å². The number of pyridine rings is 1. The summed E-state index contributed by atoms with van der Waals surface area (Å²) < 4.78 is 38.9. The molecule has 0 aliphatic carbocycles. The third kappa shape index (κ3) is 5.02. The fourth-order valence-electron chi connectivity index (χ4n) is 3.57. The third-order valence-corrected chi connectivity index (χ3v) is 6.70. The molecule has 34 heavy (non-hydrogen) atoms. The van der Waals surface area contributed by atoms with Crippen molar-refractivity contribution in [2.75, 3.05) is 37.9 Å². The Bertz CT molecular complexity index is 1370. The normalized spacial score (nSPS) is 13.5. The average molecular weight is 487 g/mol. The fraction of sp³-hybridized carbons (Fsp3) is 0.364. The van der Waals surface area contributed by atoms with Gasteiger partial charge in [-0.1, -0.05) is 0 Å². The second-order valence-corrected chi connectivity index (χ2v) is 9.59. The van der Waals surface area contributed by atoms with Gasteiger partial charge in [-0.15, -0.1) is 0 Å². The van der Waals surface area contributed by atoms with E-state index in [9.17, 15) is 13.2 Å². The van der Waals surface area contributed by atoms with Crippen molar-refractivity contribution in [2.24, 2.45) is 4.99 Å². The summed E-state index contributed by atoms with van der Waals surface area (Å²) in [5.74, 6) is 1.26. The van der Waals surface area contributed by atoms with Crippen molar-refractivity contribution in [1.82, 2.24) is 19.3 Å². The van der Waals surface area contributed by atoms with E-state index < -0.39 is 15.9 Å². The smallest absolute Gasteiger partial charge is 0.281 e. The highest BCUT2D eigenvalue weighted by molar-refractivity contribution is 7.89. The lowest BCUT2D eigenvalue weighted by atomic mass is 10.2. The van der Waals surface area contributed by atoms with Crippen LogP contribution in [0.3, 0.4) is 0 Å². The third-order valence-electron chi connectivity index (χ3n) is 5.30. The van der Waals surface area contributed by atoms with Gasteiger partial charge >= 0.3 is 0 Å². The van der Waals surface area contributed by atoms with E-state index in [0.717, 1.165) is 11.2 Å². The predicted molar refractivity (Wildman–Crippen MR) is 126 cm³/mol. The standard InChI is InChI=1S/C22H26N6O5S/c1-3-34(30,31)25-10-5-13-33-17-8-7-16-18(19(17)32-2)26-22(28-12-11-24-20(16)28)27-21(29)15-6-4-9-23-14-15/h4,6-9,14,24-25H,3,5,10-13H2,1-2H3. The van der Waals surface area contributed by atoms with Crippen LogP contribution in [0.4, 0.5) is 5.82 Å². The molecule has 0 bridgehead atoms. The SMILES string of the molecule is CCS(=O)(=O)NCCCOc1ccc2c3n(c(=NC(=O)c4cccnc4)nc2c1OC)CCN3. The van der Waals surface area contributed by atoms with Crippen LogP contribution in [0.25, 0.3) is 10.9 Å². The summed E-state index contributed by atoms with van der Waals surface area (Å²) in [6.07, 6.45) is 3.53. The van der Waals surface area contributed by atoms with Crippen molar-refractivity contribution < 1.29 is 22.7 Å². The molecule has 12 heteroatoms. The molecular formula is C22H26N6O5S. The Balaban J connectivity index is 1.66. The van der Waals surface area contributed by atoms with E-state index in [2.05, 4.69) is 25.0 Å². The first-order valence-electron chi connectivity index (χ1n) is 10.9. The number of nitrogens with zero attached hydrogens (tertiary/aromatic N) is 4. The zero-order valence-electron chi connectivity index (χ0n) is 18.9. The van der Waals surface area contributed by atoms with E-state index >= 15 is 0 Å². The molecule has 1 amide bonds. The van der Waals surface area contributed by atoms with E-state index in [0.29, 0.717) is 42.1 Å². The van der Waals surface area contributed by atoms with Crippen molar-refractivity contribution in [3.63, 3.8) is 0 Å². The first-order valence-corrected chi connectivity index (χ1v) is 12.5. The number of carbonyl (C=O) groups excluding carboxylic acids is 1. The van der Waals surface area contributed by atoms with Crippen LogP contribution in [0.1, 0.15) is 23.7 Å². The molecule has 2 N–H and O–H groups in total. The Morgan fingerprint density at radius 1 is 1.32 bits per heavy atom. The van der Waals surface area contributed by atoms with Crippen molar-refractivity contribution in [3.05, 3.63) is 47.8 Å². The van der Waals surface area contributed by atoms with Crippen LogP contribution in [0.2, 0.25) is 0 Å². The van der Waals surface area contributed by atoms with Crippen molar-refractivity contribution >= 4 is 32.7 Å². The highest BCUT2D eigenvalue weighted by Crippen LogP contribution is 2.37. The van der Waals surface area contributed by atoms with Crippen molar-refractivity contribution in [3.8, 4) is 11.5 Å². The maximum atomic E-state index is 12.7. The molecule has 1 aliphatic rings. The van der Waals surface area contributed by atoms with Crippen LogP contribution in [0.15, 0.2) is 41.7 Å². The molecule has 0 saturated heterocycles. The highest BCUT2D eigenvalue weighted by Gasteiger charge is 2.21. The van der Waals surface area contributed by atoms with E-state index in [-0.39, 0.29) is 24.5 Å². The molecule has 0 spiro atoms. The van der Waals surface area contributed by atoms with Gasteiger partial charge in [0.25, 0.3) is 5.91 Å². The van der Waals surface area contributed by atoms with Gasteiger partial charge in [-0.05, 0) is 37.6 Å². The van der Waals surface area contributed by atoms with Gasteiger partial charge in [0, 0.05) is 37.4 Å². The highest BCUT2D eigenvalue weighted by atomic mass is 32.2. The number of carbonyl (C=O) groups is 1. The number of ether oxygens (including phenoxy) is 2. The van der Waals surface area contributed by atoms with Crippen molar-refractivity contribution in [1.29, 1.82) is 0 Å². The predicted octanol–water partition coefficient (Wildman–Crippen LogP) is 1.31. The van der Waals surface area contributed by atoms with Crippen LogP contribution in [-0.4, -0.2) is 61.4 Å². The van der Waals surface area contributed by atoms with Gasteiger partial charge in [0.05, 0.1) is 25.0 Å². The summed E-state index contributed by atoms with van der Waals surface area (Å²) in [5.41, 5.74) is 1.13. The molecule has 1 aromatic carbocycles. The van der Waals surface area contributed by atoms with Crippen LogP contribution in [-0.2, 0) is 16.6 Å². The number of hydrogen-bond donors (Lipinski definition) is 2. The number of nitrogens with one attached hydrogen (secondary N) is 2. The van der Waals surface area contributed by atoms with E-state index in [1.807, 2.05) is 10.6 Å². The van der Waals surface area contributed by atoms with E-state index in [4.69, 9.17) is 9.47 Å². The van der Waals surface area contributed by atoms with Gasteiger partial charge in [-0.25, -0.2) is 18.1 Å². The van der Waals surface area contributed by atoms with Gasteiger partial charge in [-0.2, -0.15) is 4.99 Å². The topological polar surface area (TPSA) is 137 Å². The minimum Gasteiger partial charge on any atom is -0.491 e. The van der Waals surface area contributed by atoms with Crippen LogP contribution in [0.5, 0.6) is 11.5 Å². The van der Waals surface area contributed by atoms with Crippen molar-refractivity contribution in [2.45, 2.75) is 19.9 Å². The molecular weight excluding hydrogens is 460 g/mol. The Morgan fingerprint density at radius 2 is 2.18 bits per heavy atom. The molecule has 2 aromatic heterocycles. The maximum Gasteiger partial charge on any atom is 0.281 e. The lowest BCUT2D eigenvalue weighted by molar-refractivity contribution is 0.0996. The number of amides is 1. The summed E-state index contributed by atoms with van der Waals surface area (Å²) in [6.45, 7) is 3.44. The molecule has 3 heterocycles. The summed E-state index contributed by atoms with van der Waals surface area (Å²) in [6, 6.07) is 6.99. The monoisotopic (exact) mass is 486 g/mol. The lowest BCUT2D eigenvalue weighted by Crippen LogP contribution is -2.27. The number of hydrogen-bond acceptors (Lipinski definition) is 8. The second kappa shape index (κ2) is 10.2. The van der Waals surface area contributed by atoms with Gasteiger partial charge in [0.1, 0.15) is 11.3 Å². The Hall–Kier alpha value is -3.51. The van der Waals surface area contributed by atoms with Crippen LogP contribution < -0.4 is 25.1 Å². The molecule has 0 saturated carbocycles. The number of fused-ring (bicyclic) bond motifs is 3. The lowest BCUT2D eigenvalue weighted by Gasteiger charge is -2.15. The number of sulfonamides is 1. The minimum absolute atomic E-state index is 0.0328. The zero-order valence-corrected chi connectivity index (χ0v) is 19.8. The molecule has 0 fully saturated rings. The largest absolute Gasteiger partial charge is 0.491 e. The Kier molecular flexibility index (Phi) is 7.08. The average Bonchev–Trinajstić information content (AvgIpc) is 3.34. The number of benzene rings is 1. The Morgan fingerprint density at radius 3 is 2.91 bits per heavy atom.